The van der Waals surface area contributed by atoms with E-state index in [1.54, 1.807) is 114 Å². The third-order valence-electron chi connectivity index (χ3n) is 15.3. The van der Waals surface area contributed by atoms with Gasteiger partial charge in [-0.1, -0.05) is 74.5 Å². The number of ketones is 1. The number of Topliss-reactive ketones (excluding diaryl/α,β-unsaturated/α-hetero) is 1. The minimum atomic E-state index is -2.46. The number of methoxy groups -OCH3 is 1. The van der Waals surface area contributed by atoms with Crippen molar-refractivity contribution in [3.8, 4) is 5.75 Å². The van der Waals surface area contributed by atoms with Gasteiger partial charge in [0, 0.05) is 37.7 Å². The summed E-state index contributed by atoms with van der Waals surface area (Å²) < 4.78 is 55.4. The number of esters is 5. The van der Waals surface area contributed by atoms with Crippen molar-refractivity contribution in [1.82, 2.24) is 4.90 Å². The number of fused-ring (bicyclic) bond motifs is 5. The summed E-state index contributed by atoms with van der Waals surface area (Å²) in [7, 11) is 1.50. The van der Waals surface area contributed by atoms with E-state index in [1.807, 2.05) is 0 Å². The Labute approximate surface area is 433 Å². The molecule has 2 saturated heterocycles. The fourth-order valence-corrected chi connectivity index (χ4v) is 11.9. The number of hydrogen-bond acceptors (Lipinski definition) is 17. The average Bonchev–Trinajstić information content (AvgIpc) is 3.76. The van der Waals surface area contributed by atoms with Crippen LogP contribution in [0, 0.1) is 16.7 Å². The predicted molar refractivity (Wildman–Crippen MR) is 261 cm³/mol. The lowest BCUT2D eigenvalue weighted by atomic mass is 9.44. The summed E-state index contributed by atoms with van der Waals surface area (Å²) in [6.07, 6.45) is -12.3. The first-order valence-electron chi connectivity index (χ1n) is 24.4. The molecule has 1 unspecified atom stereocenters. The van der Waals surface area contributed by atoms with Crippen LogP contribution in [-0.2, 0) is 61.9 Å². The van der Waals surface area contributed by atoms with Crippen LogP contribution in [0.1, 0.15) is 109 Å². The quantitative estimate of drug-likeness (QED) is 0.0876. The Balaban J connectivity index is 1.33. The molecule has 74 heavy (non-hydrogen) atoms. The maximum atomic E-state index is 16.1. The van der Waals surface area contributed by atoms with E-state index < -0.39 is 136 Å². The Hall–Kier alpha value is -6.34. The van der Waals surface area contributed by atoms with Crippen molar-refractivity contribution in [2.24, 2.45) is 16.7 Å². The minimum Gasteiger partial charge on any atom is -0.497 e. The lowest BCUT2D eigenvalue weighted by Crippen LogP contribution is -2.82. The summed E-state index contributed by atoms with van der Waals surface area (Å²) in [6.45, 7) is 13.1. The first-order chi connectivity index (χ1) is 34.8. The fourth-order valence-electron chi connectivity index (χ4n) is 11.8. The lowest BCUT2D eigenvalue weighted by Gasteiger charge is -2.67. The highest BCUT2D eigenvalue weighted by atomic mass is 35.5. The molecular formula is C55H62ClNO17. The van der Waals surface area contributed by atoms with Crippen molar-refractivity contribution in [1.29, 1.82) is 0 Å². The highest BCUT2D eigenvalue weighted by Gasteiger charge is 2.79. The van der Waals surface area contributed by atoms with Crippen LogP contribution in [0.15, 0.2) is 96.1 Å². The number of carbonyl (C=O) groups excluding carboxylic acids is 7. The predicted octanol–water partition coefficient (Wildman–Crippen LogP) is 7.08. The van der Waals surface area contributed by atoms with E-state index in [1.165, 1.54) is 31.1 Å². The van der Waals surface area contributed by atoms with Gasteiger partial charge in [0.2, 0.25) is 0 Å². The third kappa shape index (κ3) is 9.32. The zero-order valence-corrected chi connectivity index (χ0v) is 43.7. The van der Waals surface area contributed by atoms with Crippen molar-refractivity contribution >= 4 is 53.3 Å². The Morgan fingerprint density at radius 2 is 1.47 bits per heavy atom. The minimum absolute atomic E-state index is 0.0148. The highest BCUT2D eigenvalue weighted by molar-refractivity contribution is 6.26. The molecule has 1 amide bonds. The molecular weight excluding hydrogens is 982 g/mol. The van der Waals surface area contributed by atoms with Crippen molar-refractivity contribution in [2.45, 2.75) is 141 Å². The number of amides is 1. The number of ether oxygens (including phenoxy) is 9. The van der Waals surface area contributed by atoms with E-state index in [-0.39, 0.29) is 29.7 Å². The molecule has 1 N–H and O–H groups in total. The number of halogens is 1. The number of alkyl halides is 1. The van der Waals surface area contributed by atoms with Gasteiger partial charge in [-0.3, -0.25) is 24.1 Å². The highest BCUT2D eigenvalue weighted by Crippen LogP contribution is 2.65. The second kappa shape index (κ2) is 20.1. The monoisotopic (exact) mass is 1040 g/mol. The van der Waals surface area contributed by atoms with Gasteiger partial charge in [-0.2, -0.15) is 0 Å². The molecule has 18 nitrogen and oxygen atoms in total. The number of hydrogen-bond donors (Lipinski definition) is 1. The Morgan fingerprint density at radius 3 is 2.03 bits per heavy atom. The van der Waals surface area contributed by atoms with Crippen molar-refractivity contribution in [3.63, 3.8) is 0 Å². The molecule has 396 valence electrons. The fraction of sp³-hybridized carbons (Fsp3) is 0.509. The molecule has 0 radical (unpaired) electrons. The summed E-state index contributed by atoms with van der Waals surface area (Å²) in [4.78, 5) is 102. The topological polar surface area (TPSA) is 226 Å². The molecule has 2 saturated carbocycles. The normalized spacial score (nSPS) is 32.0. The molecule has 8 rings (SSSR count). The summed E-state index contributed by atoms with van der Waals surface area (Å²) >= 11 is 6.00. The Morgan fingerprint density at radius 1 is 0.838 bits per heavy atom. The zero-order valence-electron chi connectivity index (χ0n) is 42.9. The summed E-state index contributed by atoms with van der Waals surface area (Å²) in [5.74, 6) is -7.27. The summed E-state index contributed by atoms with van der Waals surface area (Å²) in [6, 6.07) is 22.0. The molecule has 2 bridgehead atoms. The van der Waals surface area contributed by atoms with Gasteiger partial charge in [-0.25, -0.2) is 14.4 Å². The van der Waals surface area contributed by atoms with Crippen molar-refractivity contribution in [3.05, 3.63) is 113 Å². The van der Waals surface area contributed by atoms with E-state index in [0.717, 1.165) is 13.8 Å². The molecule has 2 aliphatic heterocycles. The standard InChI is InChI=1S/C55H62ClNO17/c1-29-36(69-49(63)43-41(32-17-13-11-14-18-32)57(50(64)74-51(4,5)6)47(71-43)33-21-23-35(66-10)24-22-33)26-55(65)46(72-48(62)34-19-15-12-16-20-34)44-53(9,45(61)42(68-30(2)58)40(29)52(55,7)8)37(70-39(60)27-56)25-38-54(44,28-67-38)73-31(3)59/h11-24,36-38,41-44,46-47,65H,25-28H2,1-10H3/t36-,37-,38+,41+,42+,43-,44?,46-,47+,53+,54-,55+/m0/s1. The zero-order chi connectivity index (χ0) is 53.9. The average molecular weight is 1040 g/mol. The maximum Gasteiger partial charge on any atom is 0.413 e. The van der Waals surface area contributed by atoms with E-state index in [9.17, 15) is 29.1 Å². The van der Waals surface area contributed by atoms with Gasteiger partial charge in [0.1, 0.15) is 53.3 Å². The number of benzene rings is 3. The van der Waals surface area contributed by atoms with Crippen LogP contribution in [0.3, 0.4) is 0 Å². The van der Waals surface area contributed by atoms with Gasteiger partial charge in [0.15, 0.2) is 29.8 Å². The molecule has 3 aromatic rings. The van der Waals surface area contributed by atoms with Crippen LogP contribution in [0.4, 0.5) is 4.79 Å². The summed E-state index contributed by atoms with van der Waals surface area (Å²) in [5, 5.41) is 14.1. The van der Waals surface area contributed by atoms with E-state index >= 15 is 9.59 Å². The molecule has 3 aliphatic carbocycles. The molecule has 4 fully saturated rings. The van der Waals surface area contributed by atoms with Crippen LogP contribution >= 0.6 is 11.6 Å². The molecule has 19 heteroatoms. The lowest BCUT2D eigenvalue weighted by molar-refractivity contribution is -0.346. The van der Waals surface area contributed by atoms with Crippen LogP contribution in [0.25, 0.3) is 0 Å². The summed E-state index contributed by atoms with van der Waals surface area (Å²) in [5.41, 5.74) is -8.02. The number of carbonyl (C=O) groups is 7. The largest absolute Gasteiger partial charge is 0.497 e. The van der Waals surface area contributed by atoms with E-state index in [0.29, 0.717) is 16.9 Å². The third-order valence-corrected chi connectivity index (χ3v) is 15.5. The number of rotatable bonds is 11. The molecule has 12 atom stereocenters. The second-order valence-corrected chi connectivity index (χ2v) is 21.5. The first-order valence-corrected chi connectivity index (χ1v) is 24.9. The van der Waals surface area contributed by atoms with E-state index in [2.05, 4.69) is 0 Å². The Bertz CT molecular complexity index is 2720. The number of nitrogens with zero attached hydrogens (tertiary/aromatic N) is 1. The second-order valence-electron chi connectivity index (χ2n) is 21.2. The molecule has 0 aromatic heterocycles. The van der Waals surface area contributed by atoms with Gasteiger partial charge in [0.25, 0.3) is 0 Å². The molecule has 2 heterocycles. The van der Waals surface area contributed by atoms with Gasteiger partial charge in [0.05, 0.1) is 30.6 Å². The molecule has 3 aromatic carbocycles. The number of aliphatic hydroxyl groups is 1. The first kappa shape index (κ1) is 53.9. The molecule has 5 aliphatic rings. The van der Waals surface area contributed by atoms with E-state index in [4.69, 9.17) is 54.2 Å². The Kier molecular flexibility index (Phi) is 14.6. The van der Waals surface area contributed by atoms with Gasteiger partial charge in [-0.15, -0.1) is 11.6 Å². The van der Waals surface area contributed by atoms with Crippen LogP contribution in [-0.4, -0.2) is 125 Å². The van der Waals surface area contributed by atoms with Crippen LogP contribution in [0.2, 0.25) is 0 Å². The van der Waals surface area contributed by atoms with Crippen LogP contribution in [0.5, 0.6) is 5.75 Å². The maximum absolute atomic E-state index is 16.1. The van der Waals surface area contributed by atoms with Gasteiger partial charge in [-0.05, 0) is 75.6 Å². The van der Waals surface area contributed by atoms with Gasteiger partial charge < -0.3 is 47.7 Å². The smallest absolute Gasteiger partial charge is 0.413 e. The van der Waals surface area contributed by atoms with Crippen molar-refractivity contribution < 1.29 is 81.3 Å². The van der Waals surface area contributed by atoms with Crippen LogP contribution < -0.4 is 4.74 Å². The SMILES string of the molecule is COc1ccc([C@H]2O[C@H](C(=O)O[C@H]3C[C@@]4(O)[C@@H](OC(=O)c5ccccc5)C5[C@](C)(C(=O)[C@H](OC(C)=O)C(=C3C)C4(C)C)[C@@H](OC(=O)CCl)C[C@H]3OC[C@@]53OC(C)=O)[C@@H](c3ccccc3)N2C(=O)OC(C)(C)C)cc1. The van der Waals surface area contributed by atoms with Gasteiger partial charge >= 0.3 is 35.9 Å². The van der Waals surface area contributed by atoms with Crippen molar-refractivity contribution in [2.75, 3.05) is 19.6 Å². The molecule has 0 spiro atoms.